The van der Waals surface area contributed by atoms with E-state index in [1.165, 1.54) is 11.4 Å². The number of para-hydroxylation sites is 1. The van der Waals surface area contributed by atoms with Gasteiger partial charge in [0.2, 0.25) is 0 Å². The van der Waals surface area contributed by atoms with Gasteiger partial charge in [-0.15, -0.1) is 0 Å². The molecule has 0 atom stereocenters. The summed E-state index contributed by atoms with van der Waals surface area (Å²) in [4.78, 5) is 13.7. The van der Waals surface area contributed by atoms with Crippen molar-refractivity contribution >= 4 is 5.97 Å². The minimum atomic E-state index is -0.696. The van der Waals surface area contributed by atoms with Gasteiger partial charge in [0, 0.05) is 19.8 Å². The number of aromatic amines is 1. The van der Waals surface area contributed by atoms with E-state index in [0.29, 0.717) is 0 Å². The Kier molecular flexibility index (Phi) is 5.55. The molecule has 0 bridgehead atoms. The largest absolute Gasteiger partial charge is 0.481 e. The van der Waals surface area contributed by atoms with Crippen LogP contribution in [0, 0.1) is 6.92 Å². The molecule has 2 aromatic rings. The van der Waals surface area contributed by atoms with E-state index in [0.717, 1.165) is 37.9 Å². The molecule has 0 saturated carbocycles. The second-order valence-electron chi connectivity index (χ2n) is 5.34. The number of aliphatic carboxylic acids is 1. The highest BCUT2D eigenvalue weighted by molar-refractivity contribution is 5.66. The first-order chi connectivity index (χ1) is 10.2. The van der Waals surface area contributed by atoms with Crippen molar-refractivity contribution in [3.05, 3.63) is 48.0 Å². The molecule has 112 valence electrons. The van der Waals surface area contributed by atoms with E-state index in [1.54, 1.807) is 0 Å². The van der Waals surface area contributed by atoms with E-state index in [4.69, 9.17) is 5.11 Å². The lowest BCUT2D eigenvalue weighted by molar-refractivity contribution is -0.609. The Bertz CT molecular complexity index is 576. The smallest absolute Gasteiger partial charge is 0.303 e. The predicted octanol–water partition coefficient (Wildman–Crippen LogP) is 3.18. The fraction of sp³-hybridized carbons (Fsp3) is 0.412. The summed E-state index contributed by atoms with van der Waals surface area (Å²) in [5.74, 6) is 0.431. The van der Waals surface area contributed by atoms with E-state index in [1.807, 2.05) is 18.2 Å². The Morgan fingerprint density at radius 1 is 1.14 bits per heavy atom. The zero-order chi connectivity index (χ0) is 15.1. The quantitative estimate of drug-likeness (QED) is 0.578. The zero-order valence-electron chi connectivity index (χ0n) is 12.5. The molecule has 1 aromatic heterocycles. The van der Waals surface area contributed by atoms with E-state index in [-0.39, 0.29) is 6.42 Å². The second-order valence-corrected chi connectivity index (χ2v) is 5.34. The number of imidazole rings is 1. The number of nitrogens with zero attached hydrogens (tertiary/aromatic N) is 1. The van der Waals surface area contributed by atoms with E-state index in [9.17, 15) is 4.79 Å². The van der Waals surface area contributed by atoms with E-state index in [2.05, 4.69) is 34.8 Å². The van der Waals surface area contributed by atoms with Gasteiger partial charge in [0.15, 0.2) is 0 Å². The summed E-state index contributed by atoms with van der Waals surface area (Å²) < 4.78 is 2.25. The van der Waals surface area contributed by atoms with Gasteiger partial charge in [-0.05, 0) is 25.0 Å². The van der Waals surface area contributed by atoms with Gasteiger partial charge < -0.3 is 5.11 Å². The van der Waals surface area contributed by atoms with Gasteiger partial charge in [0.05, 0.1) is 0 Å². The number of nitrogens with one attached hydrogen (secondary N) is 1. The first-order valence-corrected chi connectivity index (χ1v) is 7.54. The maximum absolute atomic E-state index is 10.5. The Morgan fingerprint density at radius 3 is 2.57 bits per heavy atom. The number of aromatic nitrogens is 2. The molecule has 0 aliphatic heterocycles. The van der Waals surface area contributed by atoms with Crippen LogP contribution in [0.4, 0.5) is 0 Å². The van der Waals surface area contributed by atoms with Crippen molar-refractivity contribution in [1.29, 1.82) is 0 Å². The maximum atomic E-state index is 10.5. The molecule has 0 unspecified atom stereocenters. The summed E-state index contributed by atoms with van der Waals surface area (Å²) in [6, 6.07) is 10.3. The average molecular weight is 287 g/mol. The average Bonchev–Trinajstić information content (AvgIpc) is 2.84. The molecule has 4 nitrogen and oxygen atoms in total. The van der Waals surface area contributed by atoms with Crippen LogP contribution in [0.1, 0.15) is 43.6 Å². The Morgan fingerprint density at radius 2 is 1.86 bits per heavy atom. The van der Waals surface area contributed by atoms with Crippen molar-refractivity contribution in [2.45, 2.75) is 45.4 Å². The third-order valence-corrected chi connectivity index (χ3v) is 3.66. The number of carboxylic acid groups (broad SMARTS) is 1. The number of hydrogen-bond donors (Lipinski definition) is 2. The van der Waals surface area contributed by atoms with Crippen LogP contribution in [-0.2, 0) is 11.2 Å². The molecule has 2 rings (SSSR count). The van der Waals surface area contributed by atoms with Crippen LogP contribution in [-0.4, -0.2) is 16.1 Å². The van der Waals surface area contributed by atoms with Crippen molar-refractivity contribution < 1.29 is 14.5 Å². The van der Waals surface area contributed by atoms with Crippen LogP contribution in [0.3, 0.4) is 0 Å². The number of rotatable bonds is 8. The summed E-state index contributed by atoms with van der Waals surface area (Å²) >= 11 is 0. The molecule has 0 radical (unpaired) electrons. The van der Waals surface area contributed by atoms with E-state index >= 15 is 0 Å². The van der Waals surface area contributed by atoms with Gasteiger partial charge in [-0.2, -0.15) is 4.57 Å². The minimum absolute atomic E-state index is 0.285. The first kappa shape index (κ1) is 15.3. The highest BCUT2D eigenvalue weighted by Crippen LogP contribution is 2.09. The Hall–Kier alpha value is -2.10. The molecule has 1 heterocycles. The molecule has 0 fully saturated rings. The summed E-state index contributed by atoms with van der Waals surface area (Å²) in [6.45, 7) is 2.07. The third kappa shape index (κ3) is 4.45. The first-order valence-electron chi connectivity index (χ1n) is 7.54. The lowest BCUT2D eigenvalue weighted by Crippen LogP contribution is -2.36. The second kappa shape index (κ2) is 7.62. The van der Waals surface area contributed by atoms with Gasteiger partial charge in [-0.25, -0.2) is 4.98 Å². The topological polar surface area (TPSA) is 57.0 Å². The van der Waals surface area contributed by atoms with Crippen LogP contribution in [0.5, 0.6) is 0 Å². The standard InChI is InChI=1S/C17H22N2O2/c1-14-18-13-16(11-5-2-3-8-12-17(20)21)19(14)15-9-6-4-7-10-15/h4,6-7,9-10,13H,2-3,5,8,11-12H2,1H3,(H,20,21)/p+1. The van der Waals surface area contributed by atoms with Crippen LogP contribution in [0.25, 0.3) is 5.69 Å². The van der Waals surface area contributed by atoms with Crippen molar-refractivity contribution in [3.63, 3.8) is 0 Å². The number of carbonyl (C=O) groups is 1. The highest BCUT2D eigenvalue weighted by atomic mass is 16.4. The molecule has 0 spiro atoms. The molecule has 0 saturated heterocycles. The van der Waals surface area contributed by atoms with Gasteiger partial charge in [0.25, 0.3) is 5.82 Å². The fourth-order valence-electron chi connectivity index (χ4n) is 2.59. The number of hydrogen-bond acceptors (Lipinski definition) is 1. The van der Waals surface area contributed by atoms with Crippen molar-refractivity contribution in [1.82, 2.24) is 4.98 Å². The van der Waals surface area contributed by atoms with Gasteiger partial charge in [-0.3, -0.25) is 4.79 Å². The van der Waals surface area contributed by atoms with Crippen molar-refractivity contribution in [2.24, 2.45) is 0 Å². The molecule has 1 aromatic carbocycles. The summed E-state index contributed by atoms with van der Waals surface area (Å²) in [5, 5.41) is 8.61. The lowest BCUT2D eigenvalue weighted by atomic mass is 10.1. The van der Waals surface area contributed by atoms with Crippen LogP contribution in [0.2, 0.25) is 0 Å². The monoisotopic (exact) mass is 287 g/mol. The zero-order valence-corrected chi connectivity index (χ0v) is 12.5. The lowest BCUT2D eigenvalue weighted by Gasteiger charge is -2.03. The van der Waals surface area contributed by atoms with Crippen LogP contribution >= 0.6 is 0 Å². The molecule has 21 heavy (non-hydrogen) atoms. The third-order valence-electron chi connectivity index (χ3n) is 3.66. The SMILES string of the molecule is Cc1[nH]cc(CCCCCCC(=O)O)[n+]1-c1ccccc1. The van der Waals surface area contributed by atoms with Crippen molar-refractivity contribution in [3.8, 4) is 5.69 Å². The molecule has 4 heteroatoms. The maximum Gasteiger partial charge on any atom is 0.303 e. The number of aryl methyl sites for hydroxylation is 2. The fourth-order valence-corrected chi connectivity index (χ4v) is 2.59. The Balaban J connectivity index is 1.89. The van der Waals surface area contributed by atoms with Crippen LogP contribution < -0.4 is 4.57 Å². The van der Waals surface area contributed by atoms with Crippen molar-refractivity contribution in [2.75, 3.05) is 0 Å². The number of carboxylic acids is 1. The summed E-state index contributed by atoms with van der Waals surface area (Å²) in [5.41, 5.74) is 2.45. The normalized spacial score (nSPS) is 10.7. The molecule has 0 aliphatic carbocycles. The van der Waals surface area contributed by atoms with Gasteiger partial charge in [-0.1, -0.05) is 31.0 Å². The van der Waals surface area contributed by atoms with Gasteiger partial charge in [0.1, 0.15) is 17.6 Å². The number of unbranched alkanes of at least 4 members (excludes halogenated alkanes) is 3. The van der Waals surface area contributed by atoms with Crippen LogP contribution in [0.15, 0.2) is 36.5 Å². The molecule has 2 N–H and O–H groups in total. The predicted molar refractivity (Wildman–Crippen MR) is 81.5 cm³/mol. The molecule has 0 aliphatic rings. The van der Waals surface area contributed by atoms with Gasteiger partial charge >= 0.3 is 5.97 Å². The number of benzene rings is 1. The summed E-state index contributed by atoms with van der Waals surface area (Å²) in [7, 11) is 0. The summed E-state index contributed by atoms with van der Waals surface area (Å²) in [6.07, 6.45) is 7.29. The molecule has 0 amide bonds. The Labute approximate surface area is 125 Å². The minimum Gasteiger partial charge on any atom is -0.481 e. The van der Waals surface area contributed by atoms with E-state index < -0.39 is 5.97 Å². The molecular weight excluding hydrogens is 264 g/mol. The highest BCUT2D eigenvalue weighted by Gasteiger charge is 2.15. The number of H-pyrrole nitrogens is 1. The molecular formula is C17H23N2O2+.